The summed E-state index contributed by atoms with van der Waals surface area (Å²) in [6.45, 7) is 6.52. The summed E-state index contributed by atoms with van der Waals surface area (Å²) < 4.78 is 72.3. The average Bonchev–Trinajstić information content (AvgIpc) is 3.37. The van der Waals surface area contributed by atoms with E-state index < -0.39 is 50.3 Å². The van der Waals surface area contributed by atoms with E-state index in [1.165, 1.54) is 0 Å². The van der Waals surface area contributed by atoms with Gasteiger partial charge < -0.3 is 10.5 Å². The standard InChI is InChI=1S/C19H21Cl2F5N4O2SSi/c1-34(2,3)7-6-32-18(31)19(4-5-19)15-14(10-27)29-30(17(15)28)16-12(20)8-11(9-13(16)21)33(22,23,24,25)26/h8-9H,4-7,28H2,1-3H3. The lowest BCUT2D eigenvalue weighted by Gasteiger charge is -2.40. The zero-order chi connectivity index (χ0) is 26.0. The molecule has 0 amide bonds. The van der Waals surface area contributed by atoms with E-state index in [4.69, 9.17) is 33.7 Å². The summed E-state index contributed by atoms with van der Waals surface area (Å²) in [6, 6.07) is 2.57. The van der Waals surface area contributed by atoms with Gasteiger partial charge in [0.2, 0.25) is 0 Å². The average molecular weight is 563 g/mol. The van der Waals surface area contributed by atoms with Crippen LogP contribution in [-0.4, -0.2) is 30.4 Å². The van der Waals surface area contributed by atoms with Crippen LogP contribution in [0.2, 0.25) is 35.7 Å². The summed E-state index contributed by atoms with van der Waals surface area (Å²) >= 11 is 11.8. The maximum Gasteiger partial charge on any atom is 0.316 e. The number of nitriles is 1. The number of nitrogen functional groups attached to an aromatic ring is 1. The van der Waals surface area contributed by atoms with Crippen LogP contribution in [0.5, 0.6) is 0 Å². The molecule has 0 aliphatic heterocycles. The Balaban J connectivity index is 2.06. The van der Waals surface area contributed by atoms with Crippen molar-refractivity contribution in [1.29, 1.82) is 5.26 Å². The second-order valence-corrected chi connectivity index (χ2v) is 18.2. The Labute approximate surface area is 203 Å². The molecular weight excluding hydrogens is 542 g/mol. The van der Waals surface area contributed by atoms with Gasteiger partial charge in [-0.3, -0.25) is 4.79 Å². The van der Waals surface area contributed by atoms with E-state index in [0.29, 0.717) is 12.8 Å². The third kappa shape index (κ3) is 5.14. The molecule has 6 nitrogen and oxygen atoms in total. The zero-order valence-corrected chi connectivity index (χ0v) is 21.6. The van der Waals surface area contributed by atoms with Crippen molar-refractivity contribution in [3.8, 4) is 11.8 Å². The minimum atomic E-state index is -10.1. The summed E-state index contributed by atoms with van der Waals surface area (Å²) in [5, 5.41) is 11.9. The molecule has 1 aromatic heterocycles. The molecule has 34 heavy (non-hydrogen) atoms. The number of hydrogen-bond acceptors (Lipinski definition) is 5. The Morgan fingerprint density at radius 3 is 2.18 bits per heavy atom. The van der Waals surface area contributed by atoms with Gasteiger partial charge in [-0.15, -0.1) is 0 Å². The Bertz CT molecular complexity index is 1210. The van der Waals surface area contributed by atoms with Crippen LogP contribution in [0, 0.1) is 11.3 Å². The number of carbonyl (C=O) groups excluding carboxylic acids is 1. The van der Waals surface area contributed by atoms with Crippen molar-refractivity contribution < 1.29 is 29.0 Å². The SMILES string of the molecule is C[Si](C)(C)CCOC(=O)C1(c2c(C#N)nn(-c3c(Cl)cc(S(F)(F)(F)(F)F)cc3Cl)c2N)CC1. The smallest absolute Gasteiger partial charge is 0.316 e. The molecule has 0 radical (unpaired) electrons. The monoisotopic (exact) mass is 562 g/mol. The molecule has 0 spiro atoms. The van der Waals surface area contributed by atoms with Crippen molar-refractivity contribution in [2.45, 2.75) is 48.8 Å². The van der Waals surface area contributed by atoms with Gasteiger partial charge in [0.15, 0.2) is 5.69 Å². The highest BCUT2D eigenvalue weighted by molar-refractivity contribution is 8.45. The maximum absolute atomic E-state index is 13.2. The number of ether oxygens (including phenoxy) is 1. The summed E-state index contributed by atoms with van der Waals surface area (Å²) in [6.07, 6.45) is 0.627. The lowest BCUT2D eigenvalue weighted by atomic mass is 9.95. The van der Waals surface area contributed by atoms with E-state index in [2.05, 4.69) is 24.7 Å². The molecule has 0 unspecified atom stereocenters. The third-order valence-corrected chi connectivity index (χ3v) is 8.79. The van der Waals surface area contributed by atoms with Gasteiger partial charge in [-0.05, 0) is 31.0 Å². The molecule has 1 fully saturated rings. The molecule has 0 atom stereocenters. The Hall–Kier alpha value is -2.01. The molecule has 1 aliphatic rings. The second-order valence-electron chi connectivity index (χ2n) is 9.37. The van der Waals surface area contributed by atoms with E-state index in [-0.39, 0.29) is 35.8 Å². The summed E-state index contributed by atoms with van der Waals surface area (Å²) in [5.41, 5.74) is 4.24. The van der Waals surface area contributed by atoms with Crippen LogP contribution in [0.25, 0.3) is 5.69 Å². The fourth-order valence-electron chi connectivity index (χ4n) is 3.39. The Kier molecular flexibility index (Phi) is 5.86. The van der Waals surface area contributed by atoms with Crippen LogP contribution < -0.4 is 5.73 Å². The van der Waals surface area contributed by atoms with Crippen molar-refractivity contribution in [1.82, 2.24) is 9.78 Å². The van der Waals surface area contributed by atoms with Gasteiger partial charge in [0.25, 0.3) is 0 Å². The van der Waals surface area contributed by atoms with Gasteiger partial charge in [-0.1, -0.05) is 62.3 Å². The number of carbonyl (C=O) groups is 1. The highest BCUT2D eigenvalue weighted by Crippen LogP contribution is 3.02. The zero-order valence-electron chi connectivity index (χ0n) is 18.3. The largest absolute Gasteiger partial charge is 0.465 e. The molecule has 15 heteroatoms. The number of halogens is 7. The maximum atomic E-state index is 13.2. The van der Waals surface area contributed by atoms with E-state index in [1.807, 2.05) is 0 Å². The number of nitrogens with two attached hydrogens (primary N) is 1. The minimum Gasteiger partial charge on any atom is -0.465 e. The molecule has 1 aromatic carbocycles. The normalized spacial score (nSPS) is 17.4. The lowest BCUT2D eigenvalue weighted by Crippen LogP contribution is -2.28. The molecule has 2 N–H and O–H groups in total. The molecule has 188 valence electrons. The first-order valence-corrected chi connectivity index (χ1v) is 16.3. The van der Waals surface area contributed by atoms with Crippen LogP contribution >= 0.6 is 33.4 Å². The number of nitrogens with zero attached hydrogens (tertiary/aromatic N) is 3. The topological polar surface area (TPSA) is 93.9 Å². The molecule has 0 bridgehead atoms. The minimum absolute atomic E-state index is 0.0225. The van der Waals surface area contributed by atoms with E-state index in [1.54, 1.807) is 6.07 Å². The molecule has 1 heterocycles. The van der Waals surface area contributed by atoms with Crippen LogP contribution in [0.3, 0.4) is 0 Å². The fraction of sp³-hybridized carbons (Fsp3) is 0.421. The van der Waals surface area contributed by atoms with Crippen molar-refractivity contribution in [2.24, 2.45) is 0 Å². The van der Waals surface area contributed by atoms with Gasteiger partial charge in [0, 0.05) is 13.6 Å². The second kappa shape index (κ2) is 7.49. The predicted octanol–water partition coefficient (Wildman–Crippen LogP) is 7.20. The first-order chi connectivity index (χ1) is 15.2. The number of esters is 1. The van der Waals surface area contributed by atoms with Gasteiger partial charge in [0.1, 0.15) is 22.5 Å². The molecule has 1 aliphatic carbocycles. The van der Waals surface area contributed by atoms with Crippen LogP contribution in [-0.2, 0) is 14.9 Å². The Morgan fingerprint density at radius 2 is 1.76 bits per heavy atom. The Morgan fingerprint density at radius 1 is 1.24 bits per heavy atom. The molecule has 3 rings (SSSR count). The number of hydrogen-bond donors (Lipinski definition) is 1. The van der Waals surface area contributed by atoms with Gasteiger partial charge in [-0.25, -0.2) is 4.68 Å². The molecule has 2 aromatic rings. The van der Waals surface area contributed by atoms with E-state index >= 15 is 0 Å². The highest BCUT2D eigenvalue weighted by atomic mass is 35.5. The predicted molar refractivity (Wildman–Crippen MR) is 124 cm³/mol. The summed E-state index contributed by atoms with van der Waals surface area (Å²) in [5.74, 6) is -0.873. The highest BCUT2D eigenvalue weighted by Gasteiger charge is 2.65. The number of rotatable bonds is 7. The van der Waals surface area contributed by atoms with Crippen LogP contribution in [0.1, 0.15) is 24.1 Å². The van der Waals surface area contributed by atoms with Crippen LogP contribution in [0.15, 0.2) is 17.0 Å². The quantitative estimate of drug-likeness (QED) is 0.218. The van der Waals surface area contributed by atoms with Crippen molar-refractivity contribution in [2.75, 3.05) is 12.3 Å². The number of benzene rings is 1. The van der Waals surface area contributed by atoms with Crippen molar-refractivity contribution >= 4 is 53.3 Å². The first-order valence-electron chi connectivity index (χ1n) is 9.90. The van der Waals surface area contributed by atoms with E-state index in [0.717, 1.165) is 10.7 Å². The van der Waals surface area contributed by atoms with E-state index in [9.17, 15) is 29.5 Å². The summed E-state index contributed by atoms with van der Waals surface area (Å²) in [7, 11) is -11.6. The van der Waals surface area contributed by atoms with Gasteiger partial charge in [-0.2, -0.15) is 10.4 Å². The lowest BCUT2D eigenvalue weighted by molar-refractivity contribution is -0.146. The molecule has 1 saturated carbocycles. The fourth-order valence-corrected chi connectivity index (χ4v) is 5.56. The summed E-state index contributed by atoms with van der Waals surface area (Å²) in [4.78, 5) is 10.6. The van der Waals surface area contributed by atoms with Crippen LogP contribution in [0.4, 0.5) is 25.2 Å². The first kappa shape index (κ1) is 26.6. The third-order valence-electron chi connectivity index (χ3n) is 5.38. The van der Waals surface area contributed by atoms with Crippen molar-refractivity contribution in [3.05, 3.63) is 33.4 Å². The number of anilines is 1. The number of aromatic nitrogens is 2. The molecular formula is C19H21Cl2F5N4O2SSi. The van der Waals surface area contributed by atoms with Gasteiger partial charge in [0.05, 0.1) is 22.1 Å². The van der Waals surface area contributed by atoms with Crippen molar-refractivity contribution in [3.63, 3.8) is 0 Å². The van der Waals surface area contributed by atoms with Gasteiger partial charge >= 0.3 is 16.2 Å². The molecule has 0 saturated heterocycles.